The standard InChI is InChI=1S/C11H10INO2/c1-7-6-10(14)13(11(7)15)9-4-2-8(12)3-5-9/h2-5,7H,6H2,1H3. The summed E-state index contributed by atoms with van der Waals surface area (Å²) in [7, 11) is 0. The average molecular weight is 315 g/mol. The lowest BCUT2D eigenvalue weighted by molar-refractivity contribution is -0.122. The van der Waals surface area contributed by atoms with Gasteiger partial charge in [-0.05, 0) is 46.9 Å². The van der Waals surface area contributed by atoms with Crippen molar-refractivity contribution in [3.63, 3.8) is 0 Å². The summed E-state index contributed by atoms with van der Waals surface area (Å²) >= 11 is 2.19. The minimum atomic E-state index is -0.184. The second-order valence-corrected chi connectivity index (χ2v) is 4.89. The molecule has 1 unspecified atom stereocenters. The van der Waals surface area contributed by atoms with Gasteiger partial charge < -0.3 is 0 Å². The summed E-state index contributed by atoms with van der Waals surface area (Å²) in [4.78, 5) is 24.6. The van der Waals surface area contributed by atoms with E-state index in [0.717, 1.165) is 3.57 Å². The van der Waals surface area contributed by atoms with Gasteiger partial charge in [-0.1, -0.05) is 6.92 Å². The van der Waals surface area contributed by atoms with E-state index in [9.17, 15) is 9.59 Å². The molecule has 1 heterocycles. The van der Waals surface area contributed by atoms with Gasteiger partial charge in [-0.3, -0.25) is 14.5 Å². The van der Waals surface area contributed by atoms with Crippen LogP contribution in [0.3, 0.4) is 0 Å². The van der Waals surface area contributed by atoms with Crippen LogP contribution in [-0.2, 0) is 9.59 Å². The topological polar surface area (TPSA) is 37.4 Å². The normalized spacial score (nSPS) is 21.2. The Hall–Kier alpha value is -0.910. The molecule has 0 aliphatic carbocycles. The van der Waals surface area contributed by atoms with Gasteiger partial charge in [-0.25, -0.2) is 0 Å². The molecule has 3 nitrogen and oxygen atoms in total. The van der Waals surface area contributed by atoms with Gasteiger partial charge in [-0.2, -0.15) is 0 Å². The number of anilines is 1. The van der Waals surface area contributed by atoms with E-state index in [2.05, 4.69) is 22.6 Å². The number of amides is 2. The molecule has 1 aliphatic rings. The number of benzene rings is 1. The van der Waals surface area contributed by atoms with Crippen molar-refractivity contribution in [1.82, 2.24) is 0 Å². The minimum absolute atomic E-state index is 0.0961. The third-order valence-corrected chi connectivity index (χ3v) is 3.18. The van der Waals surface area contributed by atoms with Crippen LogP contribution in [0.1, 0.15) is 13.3 Å². The molecule has 0 bridgehead atoms. The van der Waals surface area contributed by atoms with Crippen LogP contribution < -0.4 is 4.90 Å². The Labute approximate surface area is 102 Å². The Kier molecular flexibility index (Phi) is 2.77. The van der Waals surface area contributed by atoms with Gasteiger partial charge in [0.2, 0.25) is 11.8 Å². The summed E-state index contributed by atoms with van der Waals surface area (Å²) in [5.74, 6) is -0.383. The molecule has 1 aromatic carbocycles. The van der Waals surface area contributed by atoms with Crippen LogP contribution >= 0.6 is 22.6 Å². The number of nitrogens with zero attached hydrogens (tertiary/aromatic N) is 1. The number of carbonyl (C=O) groups excluding carboxylic acids is 2. The van der Waals surface area contributed by atoms with Crippen LogP contribution in [-0.4, -0.2) is 11.8 Å². The van der Waals surface area contributed by atoms with Gasteiger partial charge in [0, 0.05) is 15.9 Å². The quantitative estimate of drug-likeness (QED) is 0.588. The summed E-state index contributed by atoms with van der Waals surface area (Å²) in [6, 6.07) is 7.38. The van der Waals surface area contributed by atoms with Crippen LogP contribution in [0, 0.1) is 9.49 Å². The molecule has 78 valence electrons. The molecule has 15 heavy (non-hydrogen) atoms. The highest BCUT2D eigenvalue weighted by Crippen LogP contribution is 2.26. The molecule has 0 saturated carbocycles. The van der Waals surface area contributed by atoms with E-state index in [1.54, 1.807) is 19.1 Å². The first-order chi connectivity index (χ1) is 7.09. The summed E-state index contributed by atoms with van der Waals surface area (Å²) in [6.45, 7) is 1.78. The number of hydrogen-bond donors (Lipinski definition) is 0. The van der Waals surface area contributed by atoms with Crippen LogP contribution in [0.4, 0.5) is 5.69 Å². The third kappa shape index (κ3) is 1.90. The molecule has 0 spiro atoms. The zero-order valence-corrected chi connectivity index (χ0v) is 10.4. The molecule has 2 rings (SSSR count). The lowest BCUT2D eigenvalue weighted by Crippen LogP contribution is -2.29. The Bertz CT molecular complexity index is 413. The van der Waals surface area contributed by atoms with Crippen molar-refractivity contribution in [2.75, 3.05) is 4.90 Å². The van der Waals surface area contributed by atoms with Crippen molar-refractivity contribution in [3.8, 4) is 0 Å². The van der Waals surface area contributed by atoms with E-state index < -0.39 is 0 Å². The molecular weight excluding hydrogens is 305 g/mol. The highest BCUT2D eigenvalue weighted by Gasteiger charge is 2.36. The first kappa shape index (κ1) is 10.6. The Balaban J connectivity index is 2.35. The lowest BCUT2D eigenvalue weighted by atomic mass is 10.1. The van der Waals surface area contributed by atoms with Crippen molar-refractivity contribution in [1.29, 1.82) is 0 Å². The number of carbonyl (C=O) groups is 2. The second-order valence-electron chi connectivity index (χ2n) is 3.65. The number of hydrogen-bond acceptors (Lipinski definition) is 2. The summed E-state index contributed by atoms with van der Waals surface area (Å²) in [6.07, 6.45) is 0.324. The number of rotatable bonds is 1. The predicted octanol–water partition coefficient (Wildman–Crippen LogP) is 2.19. The summed E-state index contributed by atoms with van der Waals surface area (Å²) in [5, 5.41) is 0. The van der Waals surface area contributed by atoms with Gasteiger partial charge in [0.05, 0.1) is 5.69 Å². The van der Waals surface area contributed by atoms with E-state index in [1.807, 2.05) is 12.1 Å². The van der Waals surface area contributed by atoms with E-state index in [0.29, 0.717) is 12.1 Å². The Morgan fingerprint density at radius 2 is 1.87 bits per heavy atom. The van der Waals surface area contributed by atoms with E-state index >= 15 is 0 Å². The van der Waals surface area contributed by atoms with Gasteiger partial charge in [0.15, 0.2) is 0 Å². The fourth-order valence-electron chi connectivity index (χ4n) is 1.65. The van der Waals surface area contributed by atoms with Crippen molar-refractivity contribution in [3.05, 3.63) is 27.8 Å². The molecule has 0 radical (unpaired) electrons. The highest BCUT2D eigenvalue weighted by atomic mass is 127. The van der Waals surface area contributed by atoms with E-state index in [4.69, 9.17) is 0 Å². The zero-order chi connectivity index (χ0) is 11.0. The fourth-order valence-corrected chi connectivity index (χ4v) is 2.00. The molecule has 1 aliphatic heterocycles. The van der Waals surface area contributed by atoms with Crippen LogP contribution in [0.15, 0.2) is 24.3 Å². The third-order valence-electron chi connectivity index (χ3n) is 2.46. The molecule has 0 N–H and O–H groups in total. The maximum Gasteiger partial charge on any atom is 0.237 e. The van der Waals surface area contributed by atoms with Crippen molar-refractivity contribution < 1.29 is 9.59 Å². The predicted molar refractivity (Wildman–Crippen MR) is 65.4 cm³/mol. The van der Waals surface area contributed by atoms with Crippen LogP contribution in [0.25, 0.3) is 0 Å². The minimum Gasteiger partial charge on any atom is -0.274 e. The van der Waals surface area contributed by atoms with Gasteiger partial charge in [0.25, 0.3) is 0 Å². The van der Waals surface area contributed by atoms with Gasteiger partial charge in [-0.15, -0.1) is 0 Å². The Morgan fingerprint density at radius 1 is 1.27 bits per heavy atom. The molecule has 0 aromatic heterocycles. The molecule has 1 atom stereocenters. The number of halogens is 1. The first-order valence-electron chi connectivity index (χ1n) is 4.72. The van der Waals surface area contributed by atoms with Crippen molar-refractivity contribution in [2.45, 2.75) is 13.3 Å². The molecule has 1 fully saturated rings. The van der Waals surface area contributed by atoms with E-state index in [-0.39, 0.29) is 17.7 Å². The fraction of sp³-hybridized carbons (Fsp3) is 0.273. The largest absolute Gasteiger partial charge is 0.274 e. The van der Waals surface area contributed by atoms with Crippen LogP contribution in [0.5, 0.6) is 0 Å². The smallest absolute Gasteiger partial charge is 0.237 e. The SMILES string of the molecule is CC1CC(=O)N(c2ccc(I)cc2)C1=O. The summed E-state index contributed by atoms with van der Waals surface area (Å²) < 4.78 is 1.09. The average Bonchev–Trinajstić information content (AvgIpc) is 2.44. The second kappa shape index (κ2) is 3.92. The van der Waals surface area contributed by atoms with Crippen molar-refractivity contribution in [2.24, 2.45) is 5.92 Å². The van der Waals surface area contributed by atoms with Gasteiger partial charge in [0.1, 0.15) is 0 Å². The maximum atomic E-state index is 11.7. The van der Waals surface area contributed by atoms with Crippen LogP contribution in [0.2, 0.25) is 0 Å². The molecular formula is C11H10INO2. The van der Waals surface area contributed by atoms with Gasteiger partial charge >= 0.3 is 0 Å². The monoisotopic (exact) mass is 315 g/mol. The molecule has 4 heteroatoms. The molecule has 1 saturated heterocycles. The lowest BCUT2D eigenvalue weighted by Gasteiger charge is -2.14. The zero-order valence-electron chi connectivity index (χ0n) is 8.24. The first-order valence-corrected chi connectivity index (χ1v) is 5.80. The number of imide groups is 1. The Morgan fingerprint density at radius 3 is 2.33 bits per heavy atom. The maximum absolute atomic E-state index is 11.7. The summed E-state index contributed by atoms with van der Waals surface area (Å²) in [5.41, 5.74) is 0.676. The molecule has 2 amide bonds. The highest BCUT2D eigenvalue weighted by molar-refractivity contribution is 14.1. The molecule has 1 aromatic rings. The van der Waals surface area contributed by atoms with Crippen molar-refractivity contribution >= 4 is 40.1 Å². The van der Waals surface area contributed by atoms with E-state index in [1.165, 1.54) is 4.90 Å².